The number of rotatable bonds is 6. The monoisotopic (exact) mass is 516 g/mol. The number of ether oxygens (including phenoxy) is 4. The first-order chi connectivity index (χ1) is 18.4. The second-order valence-electron chi connectivity index (χ2n) is 9.49. The van der Waals surface area contributed by atoms with Crippen LogP contribution in [0.5, 0.6) is 23.0 Å². The molecule has 1 fully saturated rings. The number of nitrogens with two attached hydrogens (primary N) is 1. The zero-order valence-electron chi connectivity index (χ0n) is 21.1. The molecule has 4 aromatic rings. The molecule has 1 saturated carbocycles. The lowest BCUT2D eigenvalue weighted by Gasteiger charge is -2.40. The van der Waals surface area contributed by atoms with Crippen LogP contribution in [-0.4, -0.2) is 52.8 Å². The first-order valence-electron chi connectivity index (χ1n) is 12.1. The Bertz CT molecular complexity index is 1480. The fourth-order valence-electron chi connectivity index (χ4n) is 6.25. The van der Waals surface area contributed by atoms with Gasteiger partial charge in [0.05, 0.1) is 32.8 Å². The van der Waals surface area contributed by atoms with E-state index in [-0.39, 0.29) is 5.95 Å². The number of aliphatic hydroxyl groups excluding tert-OH is 1. The number of hydrogen-bond donors (Lipinski definition) is 4. The van der Waals surface area contributed by atoms with E-state index in [2.05, 4.69) is 15.2 Å². The lowest BCUT2D eigenvalue weighted by atomic mass is 9.70. The topological polar surface area (TPSA) is 145 Å². The van der Waals surface area contributed by atoms with Crippen LogP contribution in [0.4, 0.5) is 5.95 Å². The molecule has 0 unspecified atom stereocenters. The number of aromatic nitrogens is 3. The summed E-state index contributed by atoms with van der Waals surface area (Å²) in [5, 5.41) is 33.2. The summed E-state index contributed by atoms with van der Waals surface area (Å²) >= 11 is 0. The van der Waals surface area contributed by atoms with Crippen molar-refractivity contribution in [3.05, 3.63) is 89.2 Å². The van der Waals surface area contributed by atoms with Crippen molar-refractivity contribution in [3.8, 4) is 23.0 Å². The maximum absolute atomic E-state index is 12.9. The van der Waals surface area contributed by atoms with Gasteiger partial charge in [-0.25, -0.2) is 0 Å². The van der Waals surface area contributed by atoms with E-state index >= 15 is 0 Å². The van der Waals surface area contributed by atoms with Crippen LogP contribution < -0.4 is 24.7 Å². The molecule has 10 heteroatoms. The molecule has 1 aromatic heterocycles. The fraction of sp³-hybridized carbons (Fsp3) is 0.286. The third-order valence-electron chi connectivity index (χ3n) is 7.79. The van der Waals surface area contributed by atoms with Gasteiger partial charge in [0, 0.05) is 18.1 Å². The first kappa shape index (κ1) is 24.1. The Balaban J connectivity index is 1.71. The minimum Gasteiger partial charge on any atom is -0.497 e. The highest BCUT2D eigenvalue weighted by molar-refractivity contribution is 5.63. The number of benzene rings is 3. The van der Waals surface area contributed by atoms with Crippen molar-refractivity contribution in [1.29, 1.82) is 0 Å². The largest absolute Gasteiger partial charge is 0.497 e. The normalized spacial score (nSPS) is 27.3. The van der Waals surface area contributed by atoms with Gasteiger partial charge in [0.2, 0.25) is 5.95 Å². The number of H-pyrrole nitrogens is 1. The number of nitrogen functional groups attached to an aromatic ring is 1. The predicted molar refractivity (Wildman–Crippen MR) is 137 cm³/mol. The molecular weight excluding hydrogens is 488 g/mol. The summed E-state index contributed by atoms with van der Waals surface area (Å²) in [7, 11) is 4.62. The van der Waals surface area contributed by atoms with Gasteiger partial charge in [-0.3, -0.25) is 0 Å². The zero-order valence-corrected chi connectivity index (χ0v) is 21.1. The summed E-state index contributed by atoms with van der Waals surface area (Å²) < 4.78 is 23.4. The van der Waals surface area contributed by atoms with Crippen LogP contribution >= 0.6 is 0 Å². The summed E-state index contributed by atoms with van der Waals surface area (Å²) in [5.74, 6) is 0.789. The Morgan fingerprint density at radius 1 is 0.921 bits per heavy atom. The van der Waals surface area contributed by atoms with Gasteiger partial charge in [0.15, 0.2) is 11.2 Å². The van der Waals surface area contributed by atoms with E-state index < -0.39 is 29.1 Å². The molecule has 3 aromatic carbocycles. The average Bonchev–Trinajstić information content (AvgIpc) is 3.55. The number of aliphatic hydroxyl groups is 2. The van der Waals surface area contributed by atoms with Gasteiger partial charge in [-0.15, -0.1) is 10.2 Å². The first-order valence-corrected chi connectivity index (χ1v) is 12.1. The fourth-order valence-corrected chi connectivity index (χ4v) is 6.25. The maximum atomic E-state index is 12.9. The Hall–Kier alpha value is -4.28. The molecule has 10 nitrogen and oxygen atoms in total. The number of aromatic amines is 1. The van der Waals surface area contributed by atoms with Gasteiger partial charge in [0.25, 0.3) is 0 Å². The lowest BCUT2D eigenvalue weighted by molar-refractivity contribution is -0.150. The number of nitrogens with one attached hydrogen (secondary N) is 1. The van der Waals surface area contributed by atoms with Crippen LogP contribution in [-0.2, 0) is 11.2 Å². The van der Waals surface area contributed by atoms with E-state index in [4.69, 9.17) is 24.7 Å². The van der Waals surface area contributed by atoms with Crippen molar-refractivity contribution in [3.63, 3.8) is 0 Å². The summed E-state index contributed by atoms with van der Waals surface area (Å²) in [6.07, 6.45) is -1.41. The van der Waals surface area contributed by atoms with Crippen LogP contribution in [0.2, 0.25) is 0 Å². The van der Waals surface area contributed by atoms with Crippen molar-refractivity contribution < 1.29 is 29.2 Å². The molecule has 5 N–H and O–H groups in total. The molecule has 0 radical (unpaired) electrons. The van der Waals surface area contributed by atoms with E-state index in [0.29, 0.717) is 39.9 Å². The van der Waals surface area contributed by atoms with E-state index in [0.717, 1.165) is 5.56 Å². The Labute approximate surface area is 219 Å². The van der Waals surface area contributed by atoms with Crippen LogP contribution in [0.15, 0.2) is 66.7 Å². The van der Waals surface area contributed by atoms with Gasteiger partial charge in [-0.1, -0.05) is 42.5 Å². The highest BCUT2D eigenvalue weighted by Crippen LogP contribution is 2.71. The van der Waals surface area contributed by atoms with E-state index in [1.807, 2.05) is 42.5 Å². The minimum atomic E-state index is -1.98. The van der Waals surface area contributed by atoms with Crippen molar-refractivity contribution in [2.45, 2.75) is 29.1 Å². The van der Waals surface area contributed by atoms with Gasteiger partial charge >= 0.3 is 0 Å². The Kier molecular flexibility index (Phi) is 5.48. The molecule has 38 heavy (non-hydrogen) atoms. The van der Waals surface area contributed by atoms with E-state index in [1.54, 1.807) is 31.4 Å². The molecule has 196 valence electrons. The predicted octanol–water partition coefficient (Wildman–Crippen LogP) is 2.83. The molecule has 0 spiro atoms. The van der Waals surface area contributed by atoms with Crippen LogP contribution in [0.1, 0.15) is 34.4 Å². The smallest absolute Gasteiger partial charge is 0.219 e. The number of fused-ring (bicyclic) bond motifs is 3. The Morgan fingerprint density at radius 2 is 1.63 bits per heavy atom. The van der Waals surface area contributed by atoms with Gasteiger partial charge in [-0.05, 0) is 23.3 Å². The number of anilines is 1. The highest BCUT2D eigenvalue weighted by Gasteiger charge is 2.77. The molecule has 0 saturated heterocycles. The van der Waals surface area contributed by atoms with Crippen LogP contribution in [0.3, 0.4) is 0 Å². The SMILES string of the molecule is COc1ccc([C@@]23Oc4cc(OC)cc(OC)c4[C@]2(O)[C@H](O)[C@H](c2nnc(N)[nH]2)[C@H]3c2ccccc2)cc1. The second kappa shape index (κ2) is 8.64. The van der Waals surface area contributed by atoms with Crippen molar-refractivity contribution in [1.82, 2.24) is 15.2 Å². The molecule has 1 aliphatic heterocycles. The molecule has 5 atom stereocenters. The minimum absolute atomic E-state index is 0.102. The molecule has 0 bridgehead atoms. The average molecular weight is 517 g/mol. The third kappa shape index (κ3) is 3.07. The molecule has 2 heterocycles. The van der Waals surface area contributed by atoms with E-state index in [1.165, 1.54) is 14.2 Å². The third-order valence-corrected chi connectivity index (χ3v) is 7.79. The summed E-state index contributed by atoms with van der Waals surface area (Å²) in [6, 6.07) is 20.2. The Morgan fingerprint density at radius 3 is 2.24 bits per heavy atom. The summed E-state index contributed by atoms with van der Waals surface area (Å²) in [4.78, 5) is 2.97. The summed E-state index contributed by atoms with van der Waals surface area (Å²) in [5.41, 5.74) is 4.16. The van der Waals surface area contributed by atoms with Gasteiger partial charge < -0.3 is 39.9 Å². The highest BCUT2D eigenvalue weighted by atomic mass is 16.5. The van der Waals surface area contributed by atoms with Crippen LogP contribution in [0.25, 0.3) is 0 Å². The maximum Gasteiger partial charge on any atom is 0.219 e. The van der Waals surface area contributed by atoms with Crippen molar-refractivity contribution >= 4 is 5.95 Å². The molecule has 1 aliphatic carbocycles. The molecular formula is C28H28N4O6. The lowest BCUT2D eigenvalue weighted by Crippen LogP contribution is -2.52. The zero-order chi connectivity index (χ0) is 26.7. The molecule has 0 amide bonds. The number of hydrogen-bond acceptors (Lipinski definition) is 9. The van der Waals surface area contributed by atoms with Crippen molar-refractivity contribution in [2.75, 3.05) is 27.1 Å². The number of methoxy groups -OCH3 is 3. The molecule has 6 rings (SSSR count). The second-order valence-corrected chi connectivity index (χ2v) is 9.49. The van der Waals surface area contributed by atoms with Crippen LogP contribution in [0, 0.1) is 0 Å². The van der Waals surface area contributed by atoms with Gasteiger partial charge in [0.1, 0.15) is 34.9 Å². The molecule has 2 aliphatic rings. The van der Waals surface area contributed by atoms with Crippen molar-refractivity contribution in [2.24, 2.45) is 0 Å². The van der Waals surface area contributed by atoms with Gasteiger partial charge in [-0.2, -0.15) is 0 Å². The quantitative estimate of drug-likeness (QED) is 0.304. The standard InChI is InChI=1S/C28H28N4O6/c1-35-17-11-9-16(10-12-17)28-22(15-7-5-4-6-8-15)21(25-30-26(29)32-31-25)24(33)27(28,34)23-19(37-3)13-18(36-2)14-20(23)38-28/h4-14,21-22,24,33-34H,1-3H3,(H3,29,30,31,32)/t21-,22-,24-,27+,28+/m1/s1. The number of nitrogens with zero attached hydrogens (tertiary/aromatic N) is 2. The summed E-state index contributed by atoms with van der Waals surface area (Å²) in [6.45, 7) is 0. The van der Waals surface area contributed by atoms with E-state index in [9.17, 15) is 10.2 Å².